The van der Waals surface area contributed by atoms with Gasteiger partial charge in [0.15, 0.2) is 8.46 Å². The molecule has 0 fully saturated rings. The molecule has 1 unspecified atom stereocenters. The number of unbranched alkanes of at least 4 members (excludes halogenated alkanes) is 1. The maximum Gasteiger partial charge on any atom is 0.202 e. The summed E-state index contributed by atoms with van der Waals surface area (Å²) in [6.45, 7) is 3.38. The van der Waals surface area contributed by atoms with Gasteiger partial charge < -0.3 is 5.11 Å². The summed E-state index contributed by atoms with van der Waals surface area (Å²) in [4.78, 5) is 0. The summed E-state index contributed by atoms with van der Waals surface area (Å²) in [6, 6.07) is 0. The summed E-state index contributed by atoms with van der Waals surface area (Å²) < 4.78 is 10.00. The molecule has 0 aromatic heterocycles. The highest BCUT2D eigenvalue weighted by Crippen LogP contribution is 2.16. The summed E-state index contributed by atoms with van der Waals surface area (Å²) in [7, 11) is 0.105. The second kappa shape index (κ2) is 6.30. The molecular formula is C8H14O3P. The molecular weight excluding hydrogens is 175 g/mol. The van der Waals surface area contributed by atoms with Crippen LogP contribution in [0.5, 0.6) is 0 Å². The normalized spacial score (nSPS) is 11.8. The van der Waals surface area contributed by atoms with Crippen molar-refractivity contribution < 1.29 is 14.8 Å². The Morgan fingerprint density at radius 1 is 1.50 bits per heavy atom. The van der Waals surface area contributed by atoms with Crippen molar-refractivity contribution in [1.82, 2.24) is 0 Å². The first-order valence-corrected chi connectivity index (χ1v) is 4.95. The first-order valence-electron chi connectivity index (χ1n) is 3.95. The van der Waals surface area contributed by atoms with Gasteiger partial charge in [0, 0.05) is 19.0 Å². The van der Waals surface area contributed by atoms with Crippen LogP contribution in [0.1, 0.15) is 25.7 Å². The van der Waals surface area contributed by atoms with Crippen molar-refractivity contribution in [2.75, 3.05) is 6.16 Å². The van der Waals surface area contributed by atoms with Crippen molar-refractivity contribution in [2.24, 2.45) is 0 Å². The monoisotopic (exact) mass is 189 g/mol. The first kappa shape index (κ1) is 11.8. The third kappa shape index (κ3) is 6.47. The fourth-order valence-corrected chi connectivity index (χ4v) is 1.26. The maximum absolute atomic E-state index is 11.1. The quantitative estimate of drug-likeness (QED) is 0.288. The van der Waals surface area contributed by atoms with E-state index in [1.807, 2.05) is 0 Å². The van der Waals surface area contributed by atoms with Gasteiger partial charge in [0.25, 0.3) is 0 Å². The highest BCUT2D eigenvalue weighted by molar-refractivity contribution is 7.23. The summed E-state index contributed by atoms with van der Waals surface area (Å²) >= 11 is 0. The van der Waals surface area contributed by atoms with Crippen LogP contribution >= 0.6 is 8.46 Å². The first-order chi connectivity index (χ1) is 5.62. The minimum absolute atomic E-state index is 0.0715. The Kier molecular flexibility index (Phi) is 6.17. The Bertz CT molecular complexity index is 145. The Morgan fingerprint density at radius 3 is 2.67 bits per heavy atom. The Morgan fingerprint density at radius 2 is 2.17 bits per heavy atom. The number of aliphatic hydroxyl groups is 1. The molecule has 0 rings (SSSR count). The summed E-state index contributed by atoms with van der Waals surface area (Å²) in [5, 5.41) is 20.2. The van der Waals surface area contributed by atoms with Crippen LogP contribution in [0.4, 0.5) is 0 Å². The second-order valence-electron chi connectivity index (χ2n) is 2.75. The molecule has 1 N–H and O–H groups in total. The largest absolute Gasteiger partial charge is 0.363 e. The van der Waals surface area contributed by atoms with E-state index in [9.17, 15) is 9.67 Å². The average Bonchev–Trinajstić information content (AvgIpc) is 1.98. The lowest BCUT2D eigenvalue weighted by Crippen LogP contribution is -2.24. The van der Waals surface area contributed by atoms with Crippen molar-refractivity contribution in [3.8, 4) is 0 Å². The summed E-state index contributed by atoms with van der Waals surface area (Å²) in [6.07, 6.45) is 3.58. The molecule has 1 atom stereocenters. The molecule has 4 heteroatoms. The lowest BCUT2D eigenvalue weighted by Gasteiger charge is -2.16. The lowest BCUT2D eigenvalue weighted by atomic mass is 10.1. The Hall–Kier alpha value is -0.240. The molecule has 0 aliphatic heterocycles. The van der Waals surface area contributed by atoms with Crippen LogP contribution in [0, 0.1) is 0 Å². The van der Waals surface area contributed by atoms with Gasteiger partial charge in [-0.3, -0.25) is 4.57 Å². The zero-order valence-corrected chi connectivity index (χ0v) is 7.93. The van der Waals surface area contributed by atoms with Gasteiger partial charge in [0.05, 0.1) is 0 Å². The molecule has 0 aliphatic rings. The molecule has 12 heavy (non-hydrogen) atoms. The van der Waals surface area contributed by atoms with E-state index in [-0.39, 0.29) is 21.3 Å². The highest BCUT2D eigenvalue weighted by atomic mass is 31.1. The van der Waals surface area contributed by atoms with Crippen LogP contribution in [-0.4, -0.2) is 17.1 Å². The SMILES string of the molecule is C=CCC([O])(O)CCCCP=O. The summed E-state index contributed by atoms with van der Waals surface area (Å²) in [5.41, 5.74) is 0. The molecule has 1 radical (unpaired) electrons. The van der Waals surface area contributed by atoms with Crippen molar-refractivity contribution in [3.63, 3.8) is 0 Å². The van der Waals surface area contributed by atoms with Crippen LogP contribution < -0.4 is 0 Å². The molecule has 0 heterocycles. The topological polar surface area (TPSA) is 57.2 Å². The van der Waals surface area contributed by atoms with Gasteiger partial charge >= 0.3 is 0 Å². The Balaban J connectivity index is 3.45. The smallest absolute Gasteiger partial charge is 0.202 e. The van der Waals surface area contributed by atoms with Gasteiger partial charge in [-0.25, -0.2) is 0 Å². The molecule has 0 saturated carbocycles. The van der Waals surface area contributed by atoms with Gasteiger partial charge in [-0.2, -0.15) is 5.11 Å². The second-order valence-corrected chi connectivity index (χ2v) is 3.45. The minimum atomic E-state index is -1.87. The molecule has 0 spiro atoms. The zero-order valence-electron chi connectivity index (χ0n) is 7.03. The Labute approximate surface area is 74.3 Å². The van der Waals surface area contributed by atoms with Gasteiger partial charge in [0.1, 0.15) is 0 Å². The van der Waals surface area contributed by atoms with Crippen molar-refractivity contribution >= 4 is 8.46 Å². The highest BCUT2D eigenvalue weighted by Gasteiger charge is 2.22. The van der Waals surface area contributed by atoms with E-state index >= 15 is 0 Å². The van der Waals surface area contributed by atoms with Crippen molar-refractivity contribution in [1.29, 1.82) is 0 Å². The third-order valence-electron chi connectivity index (χ3n) is 1.53. The molecule has 0 saturated heterocycles. The van der Waals surface area contributed by atoms with Gasteiger partial charge in [0.2, 0.25) is 5.79 Å². The van der Waals surface area contributed by atoms with E-state index in [2.05, 4.69) is 6.58 Å². The van der Waals surface area contributed by atoms with Gasteiger partial charge in [-0.15, -0.1) is 6.58 Å². The number of rotatable bonds is 7. The van der Waals surface area contributed by atoms with E-state index in [1.165, 1.54) is 6.08 Å². The van der Waals surface area contributed by atoms with Crippen LogP contribution in [-0.2, 0) is 9.67 Å². The predicted octanol–water partition coefficient (Wildman–Crippen LogP) is 2.14. The molecule has 0 aromatic rings. The zero-order chi connectivity index (χ0) is 9.45. The number of hydrogen-bond acceptors (Lipinski definition) is 2. The molecule has 0 aromatic carbocycles. The van der Waals surface area contributed by atoms with Crippen LogP contribution in [0.2, 0.25) is 0 Å². The fourth-order valence-electron chi connectivity index (χ4n) is 0.905. The average molecular weight is 189 g/mol. The standard InChI is InChI=1S/C8H14O3P/c1-2-5-8(9,10)6-3-4-7-12-11/h2,9H,1,3-7H2. The van der Waals surface area contributed by atoms with Crippen LogP contribution in [0.15, 0.2) is 12.7 Å². The van der Waals surface area contributed by atoms with E-state index in [0.29, 0.717) is 19.0 Å². The maximum atomic E-state index is 11.1. The van der Waals surface area contributed by atoms with Crippen molar-refractivity contribution in [2.45, 2.75) is 31.5 Å². The lowest BCUT2D eigenvalue weighted by molar-refractivity contribution is -0.206. The molecule has 0 bridgehead atoms. The van der Waals surface area contributed by atoms with Gasteiger partial charge in [-0.05, 0) is 12.8 Å². The number of hydrogen-bond donors (Lipinski definition) is 1. The van der Waals surface area contributed by atoms with Crippen LogP contribution in [0.25, 0.3) is 0 Å². The third-order valence-corrected chi connectivity index (χ3v) is 2.03. The van der Waals surface area contributed by atoms with E-state index in [4.69, 9.17) is 5.11 Å². The molecule has 3 nitrogen and oxygen atoms in total. The van der Waals surface area contributed by atoms with E-state index in [0.717, 1.165) is 0 Å². The summed E-state index contributed by atoms with van der Waals surface area (Å²) in [5.74, 6) is -1.87. The van der Waals surface area contributed by atoms with Crippen molar-refractivity contribution in [3.05, 3.63) is 12.7 Å². The minimum Gasteiger partial charge on any atom is -0.363 e. The molecule has 0 aliphatic carbocycles. The predicted molar refractivity (Wildman–Crippen MR) is 46.8 cm³/mol. The fraction of sp³-hybridized carbons (Fsp3) is 0.750. The molecule has 69 valence electrons. The van der Waals surface area contributed by atoms with E-state index in [1.54, 1.807) is 0 Å². The van der Waals surface area contributed by atoms with Crippen LogP contribution in [0.3, 0.4) is 0 Å². The van der Waals surface area contributed by atoms with Gasteiger partial charge in [-0.1, -0.05) is 6.08 Å². The van der Waals surface area contributed by atoms with E-state index < -0.39 is 5.79 Å². The molecule has 0 amide bonds.